The Bertz CT molecular complexity index is 610. The summed E-state index contributed by atoms with van der Waals surface area (Å²) in [5.74, 6) is -0.639. The van der Waals surface area contributed by atoms with Crippen LogP contribution < -0.4 is 5.32 Å². The number of carboxylic acids is 1. The van der Waals surface area contributed by atoms with Crippen molar-refractivity contribution in [3.8, 4) is 0 Å². The molecule has 2 N–H and O–H groups in total. The SMILES string of the molecule is Cc1nnc(NCCCCn2ccnc2)c(C(=O)O)c1C. The molecule has 0 spiro atoms. The Morgan fingerprint density at radius 3 is 2.81 bits per heavy atom. The Morgan fingerprint density at radius 1 is 1.33 bits per heavy atom. The molecule has 7 heteroatoms. The number of carboxylic acid groups (broad SMARTS) is 1. The molecule has 0 amide bonds. The molecule has 0 aliphatic carbocycles. The van der Waals surface area contributed by atoms with Gasteiger partial charge in [-0.1, -0.05) is 0 Å². The van der Waals surface area contributed by atoms with E-state index in [9.17, 15) is 9.90 Å². The molecule has 2 rings (SSSR count). The number of hydrogen-bond acceptors (Lipinski definition) is 5. The number of imidazole rings is 1. The summed E-state index contributed by atoms with van der Waals surface area (Å²) in [4.78, 5) is 15.3. The van der Waals surface area contributed by atoms with Crippen molar-refractivity contribution in [1.29, 1.82) is 0 Å². The number of aromatic carboxylic acids is 1. The van der Waals surface area contributed by atoms with Crippen molar-refractivity contribution in [1.82, 2.24) is 19.7 Å². The van der Waals surface area contributed by atoms with Crippen LogP contribution in [0.5, 0.6) is 0 Å². The fourth-order valence-electron chi connectivity index (χ4n) is 2.04. The third-order valence-electron chi connectivity index (χ3n) is 3.36. The second kappa shape index (κ2) is 6.83. The Kier molecular flexibility index (Phi) is 4.86. The van der Waals surface area contributed by atoms with Crippen molar-refractivity contribution in [3.05, 3.63) is 35.5 Å². The number of nitrogens with one attached hydrogen (secondary N) is 1. The summed E-state index contributed by atoms with van der Waals surface area (Å²) in [6.45, 7) is 5.06. The molecule has 21 heavy (non-hydrogen) atoms. The average Bonchev–Trinajstić information content (AvgIpc) is 2.95. The predicted molar refractivity (Wildman–Crippen MR) is 78.4 cm³/mol. The maximum atomic E-state index is 11.3. The zero-order chi connectivity index (χ0) is 15.2. The van der Waals surface area contributed by atoms with E-state index in [-0.39, 0.29) is 5.56 Å². The molecule has 0 bridgehead atoms. The van der Waals surface area contributed by atoms with Gasteiger partial charge in [-0.05, 0) is 32.3 Å². The molecule has 0 saturated carbocycles. The quantitative estimate of drug-likeness (QED) is 0.756. The first-order valence-electron chi connectivity index (χ1n) is 6.86. The van der Waals surface area contributed by atoms with Gasteiger partial charge in [0.2, 0.25) is 0 Å². The first-order chi connectivity index (χ1) is 10.1. The minimum absolute atomic E-state index is 0.206. The Balaban J connectivity index is 1.88. The van der Waals surface area contributed by atoms with Crippen LogP contribution in [0, 0.1) is 13.8 Å². The lowest BCUT2D eigenvalue weighted by atomic mass is 10.1. The van der Waals surface area contributed by atoms with Crippen molar-refractivity contribution in [2.24, 2.45) is 0 Å². The maximum Gasteiger partial charge on any atom is 0.339 e. The molecule has 2 aromatic rings. The number of unbranched alkanes of at least 4 members (excludes halogenated alkanes) is 1. The zero-order valence-corrected chi connectivity index (χ0v) is 12.2. The Labute approximate surface area is 123 Å². The van der Waals surface area contributed by atoms with Gasteiger partial charge in [-0.2, -0.15) is 5.10 Å². The van der Waals surface area contributed by atoms with Crippen molar-refractivity contribution >= 4 is 11.8 Å². The van der Waals surface area contributed by atoms with E-state index in [1.54, 1.807) is 26.4 Å². The lowest BCUT2D eigenvalue weighted by Gasteiger charge is -2.11. The Hall–Kier alpha value is -2.44. The van der Waals surface area contributed by atoms with Gasteiger partial charge in [-0.3, -0.25) is 0 Å². The van der Waals surface area contributed by atoms with E-state index in [0.29, 0.717) is 23.6 Å². The maximum absolute atomic E-state index is 11.3. The number of carbonyl (C=O) groups is 1. The van der Waals surface area contributed by atoms with Crippen molar-refractivity contribution in [2.75, 3.05) is 11.9 Å². The summed E-state index contributed by atoms with van der Waals surface area (Å²) >= 11 is 0. The molecule has 0 unspecified atom stereocenters. The normalized spacial score (nSPS) is 10.6. The second-order valence-corrected chi connectivity index (χ2v) is 4.87. The van der Waals surface area contributed by atoms with E-state index in [2.05, 4.69) is 20.5 Å². The summed E-state index contributed by atoms with van der Waals surface area (Å²) in [7, 11) is 0. The molecule has 0 radical (unpaired) electrons. The van der Waals surface area contributed by atoms with E-state index in [1.165, 1.54) is 0 Å². The van der Waals surface area contributed by atoms with Gasteiger partial charge in [0.15, 0.2) is 5.82 Å². The topological polar surface area (TPSA) is 92.9 Å². The first-order valence-corrected chi connectivity index (χ1v) is 6.86. The molecular formula is C14H19N5O2. The molecular weight excluding hydrogens is 270 g/mol. The van der Waals surface area contributed by atoms with E-state index >= 15 is 0 Å². The van der Waals surface area contributed by atoms with E-state index in [4.69, 9.17) is 0 Å². The van der Waals surface area contributed by atoms with E-state index in [0.717, 1.165) is 19.4 Å². The molecule has 112 valence electrons. The van der Waals surface area contributed by atoms with Crippen LogP contribution in [0.2, 0.25) is 0 Å². The summed E-state index contributed by atoms with van der Waals surface area (Å²) in [5, 5.41) is 20.3. The smallest absolute Gasteiger partial charge is 0.339 e. The lowest BCUT2D eigenvalue weighted by Crippen LogP contribution is -2.14. The number of hydrogen-bond donors (Lipinski definition) is 2. The molecule has 0 aliphatic heterocycles. The molecule has 2 heterocycles. The highest BCUT2D eigenvalue weighted by molar-refractivity contribution is 5.94. The van der Waals surface area contributed by atoms with E-state index in [1.807, 2.05) is 10.8 Å². The average molecular weight is 289 g/mol. The lowest BCUT2D eigenvalue weighted by molar-refractivity contribution is 0.0696. The van der Waals surface area contributed by atoms with Gasteiger partial charge in [0.1, 0.15) is 5.56 Å². The van der Waals surface area contributed by atoms with Gasteiger partial charge in [-0.15, -0.1) is 5.10 Å². The molecule has 0 fully saturated rings. The van der Waals surface area contributed by atoms with Gasteiger partial charge in [-0.25, -0.2) is 9.78 Å². The van der Waals surface area contributed by atoms with Crippen LogP contribution in [0.4, 0.5) is 5.82 Å². The minimum Gasteiger partial charge on any atom is -0.478 e. The van der Waals surface area contributed by atoms with Crippen LogP contribution in [-0.4, -0.2) is 37.4 Å². The minimum atomic E-state index is -0.980. The number of aromatic nitrogens is 4. The standard InChI is InChI=1S/C14H19N5O2/c1-10-11(2)17-18-13(12(10)14(20)21)16-5-3-4-7-19-8-6-15-9-19/h6,8-9H,3-5,7H2,1-2H3,(H,16,18)(H,20,21). The monoisotopic (exact) mass is 289 g/mol. The van der Waals surface area contributed by atoms with Gasteiger partial charge in [0.05, 0.1) is 12.0 Å². The fourth-order valence-corrected chi connectivity index (χ4v) is 2.04. The second-order valence-electron chi connectivity index (χ2n) is 4.87. The molecule has 7 nitrogen and oxygen atoms in total. The van der Waals surface area contributed by atoms with Gasteiger partial charge >= 0.3 is 5.97 Å². The summed E-state index contributed by atoms with van der Waals surface area (Å²) in [6.07, 6.45) is 7.34. The van der Waals surface area contributed by atoms with Gasteiger partial charge in [0.25, 0.3) is 0 Å². The van der Waals surface area contributed by atoms with E-state index < -0.39 is 5.97 Å². The van der Waals surface area contributed by atoms with Gasteiger partial charge in [0, 0.05) is 25.5 Å². The highest BCUT2D eigenvalue weighted by atomic mass is 16.4. The van der Waals surface area contributed by atoms with Crippen LogP contribution in [0.15, 0.2) is 18.7 Å². The molecule has 0 aromatic carbocycles. The number of aryl methyl sites for hydroxylation is 2. The van der Waals surface area contributed by atoms with Crippen LogP contribution in [0.3, 0.4) is 0 Å². The van der Waals surface area contributed by atoms with Crippen LogP contribution >= 0.6 is 0 Å². The van der Waals surface area contributed by atoms with Crippen LogP contribution in [0.25, 0.3) is 0 Å². The highest BCUT2D eigenvalue weighted by Gasteiger charge is 2.17. The largest absolute Gasteiger partial charge is 0.478 e. The molecule has 0 atom stereocenters. The third-order valence-corrected chi connectivity index (χ3v) is 3.36. The Morgan fingerprint density at radius 2 is 2.14 bits per heavy atom. The van der Waals surface area contributed by atoms with Gasteiger partial charge < -0.3 is 15.0 Å². The van der Waals surface area contributed by atoms with Crippen molar-refractivity contribution < 1.29 is 9.90 Å². The summed E-state index contributed by atoms with van der Waals surface area (Å²) < 4.78 is 2.01. The van der Waals surface area contributed by atoms with Crippen LogP contribution in [0.1, 0.15) is 34.5 Å². The van der Waals surface area contributed by atoms with Crippen molar-refractivity contribution in [2.45, 2.75) is 33.2 Å². The van der Waals surface area contributed by atoms with Crippen molar-refractivity contribution in [3.63, 3.8) is 0 Å². The summed E-state index contributed by atoms with van der Waals surface area (Å²) in [6, 6.07) is 0. The zero-order valence-electron chi connectivity index (χ0n) is 12.2. The fraction of sp³-hybridized carbons (Fsp3) is 0.429. The molecule has 0 saturated heterocycles. The third kappa shape index (κ3) is 3.77. The molecule has 2 aromatic heterocycles. The predicted octanol–water partition coefficient (Wildman–Crippen LogP) is 1.88. The number of nitrogens with zero attached hydrogens (tertiary/aromatic N) is 4. The summed E-state index contributed by atoms with van der Waals surface area (Å²) in [5.41, 5.74) is 1.49. The highest BCUT2D eigenvalue weighted by Crippen LogP contribution is 2.18. The van der Waals surface area contributed by atoms with Crippen LogP contribution in [-0.2, 0) is 6.54 Å². The molecule has 0 aliphatic rings. The number of rotatable bonds is 7. The number of anilines is 1. The first kappa shape index (κ1) is 15.0.